The highest BCUT2D eigenvalue weighted by atomic mass is 32.1. The zero-order valence-electron chi connectivity index (χ0n) is 16.9. The van der Waals surface area contributed by atoms with Crippen LogP contribution in [-0.4, -0.2) is 23.5 Å². The normalized spacial score (nSPS) is 10.9. The Balaban J connectivity index is 1.33. The second-order valence-electron chi connectivity index (χ2n) is 7.24. The van der Waals surface area contributed by atoms with Crippen LogP contribution in [0.15, 0.2) is 90.3 Å². The van der Waals surface area contributed by atoms with Crippen molar-refractivity contribution >= 4 is 50.6 Å². The molecule has 5 rings (SSSR count). The maximum atomic E-state index is 12.9. The van der Waals surface area contributed by atoms with Gasteiger partial charge in [0.05, 0.1) is 21.7 Å². The molecule has 0 aliphatic carbocycles. The van der Waals surface area contributed by atoms with Crippen molar-refractivity contribution in [2.45, 2.75) is 0 Å². The van der Waals surface area contributed by atoms with E-state index in [0.29, 0.717) is 27.8 Å². The number of hydrogen-bond acceptors (Lipinski definition) is 5. The van der Waals surface area contributed by atoms with Crippen LogP contribution in [0.4, 0.5) is 5.69 Å². The highest BCUT2D eigenvalue weighted by Crippen LogP contribution is 2.28. The smallest absolute Gasteiger partial charge is 0.339 e. The van der Waals surface area contributed by atoms with E-state index >= 15 is 0 Å². The predicted octanol–water partition coefficient (Wildman–Crippen LogP) is 5.91. The van der Waals surface area contributed by atoms with Crippen LogP contribution in [0, 0.1) is 0 Å². The Morgan fingerprint density at radius 1 is 0.875 bits per heavy atom. The molecule has 0 aliphatic heterocycles. The zero-order chi connectivity index (χ0) is 21.9. The predicted molar refractivity (Wildman–Crippen MR) is 128 cm³/mol. The first-order chi connectivity index (χ1) is 15.7. The lowest BCUT2D eigenvalue weighted by Gasteiger charge is -2.10. The highest BCUT2D eigenvalue weighted by molar-refractivity contribution is 7.13. The number of carbonyl (C=O) groups is 2. The summed E-state index contributed by atoms with van der Waals surface area (Å²) in [6, 6.07) is 26.6. The molecule has 0 bridgehead atoms. The van der Waals surface area contributed by atoms with Gasteiger partial charge in [-0.15, -0.1) is 11.3 Å². The Hall–Kier alpha value is -4.03. The fourth-order valence-corrected chi connectivity index (χ4v) is 4.25. The molecule has 0 aliphatic rings. The summed E-state index contributed by atoms with van der Waals surface area (Å²) in [6.07, 6.45) is 0. The van der Waals surface area contributed by atoms with Crippen LogP contribution in [-0.2, 0) is 9.53 Å². The van der Waals surface area contributed by atoms with Gasteiger partial charge in [0.25, 0.3) is 5.91 Å². The molecular formula is C26H18N2O3S. The molecule has 6 heteroatoms. The number of hydrogen-bond donors (Lipinski definition) is 1. The summed E-state index contributed by atoms with van der Waals surface area (Å²) in [5, 5.41) is 7.54. The minimum Gasteiger partial charge on any atom is -0.452 e. The molecule has 0 atom stereocenters. The second kappa shape index (κ2) is 8.61. The molecule has 5 aromatic rings. The molecule has 0 spiro atoms. The van der Waals surface area contributed by atoms with Gasteiger partial charge in [0.2, 0.25) is 0 Å². The van der Waals surface area contributed by atoms with E-state index in [1.165, 1.54) is 0 Å². The van der Waals surface area contributed by atoms with Crippen molar-refractivity contribution in [2.75, 3.05) is 11.9 Å². The first kappa shape index (κ1) is 19.9. The Labute approximate surface area is 188 Å². The first-order valence-corrected chi connectivity index (χ1v) is 10.9. The van der Waals surface area contributed by atoms with Crippen molar-refractivity contribution in [3.63, 3.8) is 0 Å². The van der Waals surface area contributed by atoms with Crippen molar-refractivity contribution < 1.29 is 14.3 Å². The summed E-state index contributed by atoms with van der Waals surface area (Å²) >= 11 is 1.55. The third-order valence-corrected chi connectivity index (χ3v) is 5.97. The Bertz CT molecular complexity index is 1440. The van der Waals surface area contributed by atoms with E-state index in [9.17, 15) is 9.59 Å². The standard InChI is InChI=1S/C26H18N2O3S/c29-25(27-19-12-11-17-6-1-2-7-18(17)14-19)16-31-26(30)21-15-23(24-10-5-13-32-24)28-22-9-4-3-8-20(21)22/h1-15H,16H2,(H,27,29). The average Bonchev–Trinajstić information content (AvgIpc) is 3.37. The maximum absolute atomic E-state index is 12.9. The molecule has 0 saturated carbocycles. The fraction of sp³-hybridized carbons (Fsp3) is 0.0385. The van der Waals surface area contributed by atoms with Crippen LogP contribution in [0.3, 0.4) is 0 Å². The number of aromatic nitrogens is 1. The third kappa shape index (κ3) is 4.08. The number of para-hydroxylation sites is 1. The molecule has 0 saturated heterocycles. The fourth-order valence-electron chi connectivity index (χ4n) is 3.57. The van der Waals surface area contributed by atoms with Gasteiger partial charge < -0.3 is 10.1 Å². The van der Waals surface area contributed by atoms with Gasteiger partial charge in [-0.2, -0.15) is 0 Å². The second-order valence-corrected chi connectivity index (χ2v) is 8.18. The Morgan fingerprint density at radius 2 is 1.69 bits per heavy atom. The number of ether oxygens (including phenoxy) is 1. The van der Waals surface area contributed by atoms with Crippen LogP contribution in [0.25, 0.3) is 32.2 Å². The monoisotopic (exact) mass is 438 g/mol. The molecule has 2 heterocycles. The number of esters is 1. The quantitative estimate of drug-likeness (QED) is 0.346. The number of thiophene rings is 1. The molecule has 0 radical (unpaired) electrons. The van der Waals surface area contributed by atoms with E-state index in [-0.39, 0.29) is 6.61 Å². The zero-order valence-corrected chi connectivity index (χ0v) is 17.8. The summed E-state index contributed by atoms with van der Waals surface area (Å²) in [5.74, 6) is -0.958. The molecule has 5 nitrogen and oxygen atoms in total. The molecule has 0 unspecified atom stereocenters. The van der Waals surface area contributed by atoms with Gasteiger partial charge in [-0.05, 0) is 46.5 Å². The Kier molecular flexibility index (Phi) is 5.35. The number of nitrogens with one attached hydrogen (secondary N) is 1. The van der Waals surface area contributed by atoms with Gasteiger partial charge in [0.1, 0.15) is 0 Å². The van der Waals surface area contributed by atoms with Gasteiger partial charge in [-0.25, -0.2) is 9.78 Å². The number of benzene rings is 3. The molecule has 1 N–H and O–H groups in total. The molecule has 156 valence electrons. The number of carbonyl (C=O) groups excluding carboxylic acids is 2. The van der Waals surface area contributed by atoms with Crippen molar-refractivity contribution in [3.8, 4) is 10.6 Å². The van der Waals surface area contributed by atoms with Crippen LogP contribution in [0.5, 0.6) is 0 Å². The third-order valence-electron chi connectivity index (χ3n) is 5.08. The van der Waals surface area contributed by atoms with E-state index in [1.807, 2.05) is 84.2 Å². The van der Waals surface area contributed by atoms with Gasteiger partial charge in [-0.3, -0.25) is 4.79 Å². The molecule has 1 amide bonds. The Morgan fingerprint density at radius 3 is 2.53 bits per heavy atom. The topological polar surface area (TPSA) is 68.3 Å². The van der Waals surface area contributed by atoms with Crippen molar-refractivity contribution in [3.05, 3.63) is 95.9 Å². The lowest BCUT2D eigenvalue weighted by Crippen LogP contribution is -2.21. The van der Waals surface area contributed by atoms with Gasteiger partial charge >= 0.3 is 5.97 Å². The van der Waals surface area contributed by atoms with Crippen molar-refractivity contribution in [1.29, 1.82) is 0 Å². The van der Waals surface area contributed by atoms with Gasteiger partial charge in [0, 0.05) is 11.1 Å². The number of fused-ring (bicyclic) bond motifs is 2. The van der Waals surface area contributed by atoms with Crippen molar-refractivity contribution in [1.82, 2.24) is 4.98 Å². The maximum Gasteiger partial charge on any atom is 0.339 e. The van der Waals surface area contributed by atoms with Crippen LogP contribution >= 0.6 is 11.3 Å². The van der Waals surface area contributed by atoms with Gasteiger partial charge in [-0.1, -0.05) is 54.6 Å². The van der Waals surface area contributed by atoms with Crippen molar-refractivity contribution in [2.24, 2.45) is 0 Å². The largest absolute Gasteiger partial charge is 0.452 e. The van der Waals surface area contributed by atoms with Crippen LogP contribution < -0.4 is 5.32 Å². The summed E-state index contributed by atoms with van der Waals surface area (Å²) in [5.41, 5.74) is 2.44. The van der Waals surface area contributed by atoms with Gasteiger partial charge in [0.15, 0.2) is 6.61 Å². The molecule has 32 heavy (non-hydrogen) atoms. The van der Waals surface area contributed by atoms with Crippen LogP contribution in [0.2, 0.25) is 0 Å². The number of nitrogens with zero attached hydrogens (tertiary/aromatic N) is 1. The SMILES string of the molecule is O=C(COC(=O)c1cc(-c2cccs2)nc2ccccc12)Nc1ccc2ccccc2c1. The van der Waals surface area contributed by atoms with E-state index < -0.39 is 11.9 Å². The van der Waals surface area contributed by atoms with E-state index in [1.54, 1.807) is 17.4 Å². The minimum absolute atomic E-state index is 0.378. The van der Waals surface area contributed by atoms with E-state index in [0.717, 1.165) is 15.6 Å². The molecular weight excluding hydrogens is 420 g/mol. The lowest BCUT2D eigenvalue weighted by atomic mass is 10.1. The van der Waals surface area contributed by atoms with E-state index in [2.05, 4.69) is 10.3 Å². The summed E-state index contributed by atoms with van der Waals surface area (Å²) < 4.78 is 5.35. The first-order valence-electron chi connectivity index (χ1n) is 10.1. The van der Waals surface area contributed by atoms with E-state index in [4.69, 9.17) is 4.74 Å². The molecule has 0 fully saturated rings. The number of anilines is 1. The number of rotatable bonds is 5. The minimum atomic E-state index is -0.560. The van der Waals surface area contributed by atoms with Crippen LogP contribution in [0.1, 0.15) is 10.4 Å². The average molecular weight is 439 g/mol. The highest BCUT2D eigenvalue weighted by Gasteiger charge is 2.17. The molecule has 2 aromatic heterocycles. The lowest BCUT2D eigenvalue weighted by molar-refractivity contribution is -0.119. The summed E-state index contributed by atoms with van der Waals surface area (Å²) in [4.78, 5) is 30.9. The molecule has 3 aromatic carbocycles. The summed E-state index contributed by atoms with van der Waals surface area (Å²) in [6.45, 7) is -0.378. The number of amides is 1. The number of pyridine rings is 1. The summed E-state index contributed by atoms with van der Waals surface area (Å²) in [7, 11) is 0.